The number of aromatic nitrogens is 2. The number of carbonyl (C=O) groups excluding carboxylic acids is 1. The summed E-state index contributed by atoms with van der Waals surface area (Å²) in [5.74, 6) is 4.09. The third-order valence-corrected chi connectivity index (χ3v) is 17.7. The van der Waals surface area contributed by atoms with E-state index in [2.05, 4.69) is 101 Å². The standard InChI is InChI=1S/C45H68N4O2/c1-29(2)30-18-23-45(40(51)49-26-12-15-34(49)39-46-32-13-10-11-14-33(32)48(39)28-27-47(8)9)25-24-43(6)31(38(30)45)16-17-36-42(5)21-20-37(50)41(3,4)35(42)19-22-44(36,43)7/h10-11,13-14,30-31,34-38,50H,1,12,15-28H2,2-9H3/t30-,31?,34-,35?,36+,37-,38+,42-,43+,44?,45?/m0/s1. The number of nitrogens with zero attached hydrogens (tertiary/aromatic N) is 4. The number of aliphatic hydroxyl groups is 1. The average Bonchev–Trinajstić information content (AvgIpc) is 3.81. The van der Waals surface area contributed by atoms with Gasteiger partial charge in [-0.2, -0.15) is 0 Å². The van der Waals surface area contributed by atoms with Gasteiger partial charge in [-0.05, 0) is 161 Å². The number of likely N-dealkylation sites (N-methyl/N-ethyl adjacent to an activating group) is 1. The maximum absolute atomic E-state index is 15.7. The third-order valence-electron chi connectivity index (χ3n) is 17.7. The Labute approximate surface area is 308 Å². The summed E-state index contributed by atoms with van der Waals surface area (Å²) in [6.45, 7) is 22.3. The molecule has 1 aromatic heterocycles. The van der Waals surface area contributed by atoms with Gasteiger partial charge in [-0.25, -0.2) is 4.98 Å². The highest BCUT2D eigenvalue weighted by atomic mass is 16.3. The smallest absolute Gasteiger partial charge is 0.229 e. The maximum Gasteiger partial charge on any atom is 0.229 e. The largest absolute Gasteiger partial charge is 0.393 e. The van der Waals surface area contributed by atoms with Gasteiger partial charge in [0.25, 0.3) is 0 Å². The SMILES string of the molecule is C=C(C)[C@@H]1CCC2(C(=O)N3CCC[C@H]3c3nc4ccccc4n3CCN(C)C)CC[C@]3(C)C(CC[C@H]4C3(C)CCC3C(C)(C)[C@@H](O)CC[C@@]34C)[C@@H]12. The number of likely N-dealkylation sites (tertiary alicyclic amines) is 1. The van der Waals surface area contributed by atoms with Crippen LogP contribution in [0.25, 0.3) is 11.0 Å². The summed E-state index contributed by atoms with van der Waals surface area (Å²) < 4.78 is 2.43. The lowest BCUT2D eigenvalue weighted by Gasteiger charge is -2.73. The number of benzene rings is 1. The molecular formula is C45H68N4O2. The van der Waals surface area contributed by atoms with Crippen LogP contribution in [0.3, 0.4) is 0 Å². The van der Waals surface area contributed by atoms with E-state index in [-0.39, 0.29) is 39.2 Å². The topological polar surface area (TPSA) is 61.6 Å². The molecule has 51 heavy (non-hydrogen) atoms. The van der Waals surface area contributed by atoms with Crippen LogP contribution >= 0.6 is 0 Å². The molecule has 6 fully saturated rings. The molecule has 1 N–H and O–H groups in total. The number of aliphatic hydroxyl groups excluding tert-OH is 1. The van der Waals surface area contributed by atoms with Crippen LogP contribution in [0.1, 0.15) is 130 Å². The van der Waals surface area contributed by atoms with E-state index >= 15 is 4.79 Å². The zero-order chi connectivity index (χ0) is 36.3. The summed E-state index contributed by atoms with van der Waals surface area (Å²) in [7, 11) is 4.28. The molecule has 1 aromatic carbocycles. The molecule has 6 heteroatoms. The normalized spacial score (nSPS) is 43.1. The van der Waals surface area contributed by atoms with Crippen LogP contribution in [0.2, 0.25) is 0 Å². The van der Waals surface area contributed by atoms with E-state index in [1.165, 1.54) is 36.8 Å². The Morgan fingerprint density at radius 2 is 1.69 bits per heavy atom. The molecule has 2 aromatic rings. The Morgan fingerprint density at radius 1 is 0.922 bits per heavy atom. The molecule has 1 aliphatic heterocycles. The van der Waals surface area contributed by atoms with Crippen molar-refractivity contribution < 1.29 is 9.90 Å². The highest BCUT2D eigenvalue weighted by Gasteiger charge is 2.72. The van der Waals surface area contributed by atoms with Crippen molar-refractivity contribution in [2.75, 3.05) is 27.2 Å². The molecule has 2 heterocycles. The summed E-state index contributed by atoms with van der Waals surface area (Å²) in [5, 5.41) is 11.2. The number of hydrogen-bond donors (Lipinski definition) is 1. The predicted molar refractivity (Wildman–Crippen MR) is 207 cm³/mol. The van der Waals surface area contributed by atoms with E-state index in [0.29, 0.717) is 35.5 Å². The molecule has 6 aliphatic rings. The second kappa shape index (κ2) is 12.2. The minimum atomic E-state index is -0.307. The van der Waals surface area contributed by atoms with Crippen molar-refractivity contribution in [3.63, 3.8) is 0 Å². The van der Waals surface area contributed by atoms with Crippen molar-refractivity contribution in [1.82, 2.24) is 19.4 Å². The summed E-state index contributed by atoms with van der Waals surface area (Å²) in [6, 6.07) is 8.59. The zero-order valence-electron chi connectivity index (χ0n) is 33.3. The lowest BCUT2D eigenvalue weighted by molar-refractivity contribution is -0.247. The van der Waals surface area contributed by atoms with E-state index in [9.17, 15) is 5.11 Å². The Kier molecular flexibility index (Phi) is 8.55. The molecule has 5 aliphatic carbocycles. The molecule has 1 saturated heterocycles. The Bertz CT molecular complexity index is 1690. The van der Waals surface area contributed by atoms with Gasteiger partial charge in [-0.1, -0.05) is 58.9 Å². The van der Waals surface area contributed by atoms with Gasteiger partial charge < -0.3 is 19.5 Å². The third kappa shape index (κ3) is 4.92. The van der Waals surface area contributed by atoms with Crippen LogP contribution in [-0.4, -0.2) is 63.7 Å². The van der Waals surface area contributed by atoms with E-state index in [4.69, 9.17) is 4.98 Å². The lowest BCUT2D eigenvalue weighted by atomic mass is 9.32. The van der Waals surface area contributed by atoms with Crippen LogP contribution in [0, 0.1) is 56.7 Å². The monoisotopic (exact) mass is 697 g/mol. The minimum Gasteiger partial charge on any atom is -0.393 e. The van der Waals surface area contributed by atoms with E-state index in [0.717, 1.165) is 82.3 Å². The number of carbonyl (C=O) groups is 1. The van der Waals surface area contributed by atoms with Crippen LogP contribution < -0.4 is 0 Å². The van der Waals surface area contributed by atoms with Gasteiger partial charge in [0.15, 0.2) is 0 Å². The number of imidazole rings is 1. The lowest BCUT2D eigenvalue weighted by Crippen LogP contribution is -2.67. The summed E-state index contributed by atoms with van der Waals surface area (Å²) in [5.41, 5.74) is 3.89. The number of hydrogen-bond acceptors (Lipinski definition) is 4. The molecule has 0 spiro atoms. The average molecular weight is 697 g/mol. The van der Waals surface area contributed by atoms with E-state index in [1.807, 2.05) is 0 Å². The number of fused-ring (bicyclic) bond motifs is 8. The van der Waals surface area contributed by atoms with Gasteiger partial charge in [0, 0.05) is 19.6 Å². The Balaban J connectivity index is 1.15. The van der Waals surface area contributed by atoms with Crippen molar-refractivity contribution in [2.24, 2.45) is 56.7 Å². The summed E-state index contributed by atoms with van der Waals surface area (Å²) in [6.07, 6.45) is 13.2. The zero-order valence-corrected chi connectivity index (χ0v) is 33.3. The fraction of sp³-hybridized carbons (Fsp3) is 0.778. The molecule has 4 unspecified atom stereocenters. The molecule has 8 rings (SSSR count). The molecule has 0 bridgehead atoms. The second-order valence-corrected chi connectivity index (χ2v) is 20.3. The first-order valence-corrected chi connectivity index (χ1v) is 20.8. The van der Waals surface area contributed by atoms with Crippen molar-refractivity contribution in [1.29, 1.82) is 0 Å². The highest BCUT2D eigenvalue weighted by molar-refractivity contribution is 5.85. The van der Waals surface area contributed by atoms with Gasteiger partial charge in [-0.15, -0.1) is 0 Å². The number of allylic oxidation sites excluding steroid dienone is 1. The van der Waals surface area contributed by atoms with Crippen LogP contribution in [-0.2, 0) is 11.3 Å². The Morgan fingerprint density at radius 3 is 2.43 bits per heavy atom. The predicted octanol–water partition coefficient (Wildman–Crippen LogP) is 9.28. The molecule has 5 saturated carbocycles. The van der Waals surface area contributed by atoms with E-state index in [1.54, 1.807) is 0 Å². The Hall–Kier alpha value is -2.18. The maximum atomic E-state index is 15.7. The van der Waals surface area contributed by atoms with Crippen LogP contribution in [0.15, 0.2) is 36.4 Å². The van der Waals surface area contributed by atoms with Crippen LogP contribution in [0.5, 0.6) is 0 Å². The first-order chi connectivity index (χ1) is 24.1. The minimum absolute atomic E-state index is 0.0317. The molecule has 280 valence electrons. The first kappa shape index (κ1) is 35.8. The molecule has 11 atom stereocenters. The fourth-order valence-corrected chi connectivity index (χ4v) is 14.9. The van der Waals surface area contributed by atoms with Crippen LogP contribution in [0.4, 0.5) is 0 Å². The van der Waals surface area contributed by atoms with Gasteiger partial charge in [0.05, 0.1) is 28.6 Å². The number of amides is 1. The van der Waals surface area contributed by atoms with Gasteiger partial charge in [0.2, 0.25) is 5.91 Å². The van der Waals surface area contributed by atoms with Gasteiger partial charge in [0.1, 0.15) is 5.82 Å². The second-order valence-electron chi connectivity index (χ2n) is 20.3. The number of rotatable bonds is 6. The van der Waals surface area contributed by atoms with Gasteiger partial charge >= 0.3 is 0 Å². The molecule has 1 amide bonds. The summed E-state index contributed by atoms with van der Waals surface area (Å²) in [4.78, 5) is 25.5. The van der Waals surface area contributed by atoms with E-state index < -0.39 is 0 Å². The molecule has 0 radical (unpaired) electrons. The highest BCUT2D eigenvalue weighted by Crippen LogP contribution is 2.77. The van der Waals surface area contributed by atoms with Crippen molar-refractivity contribution in [3.05, 3.63) is 42.2 Å². The molecule has 6 nitrogen and oxygen atoms in total. The van der Waals surface area contributed by atoms with Crippen molar-refractivity contribution in [3.8, 4) is 0 Å². The quantitative estimate of drug-likeness (QED) is 0.306. The van der Waals surface area contributed by atoms with Crippen molar-refractivity contribution in [2.45, 2.75) is 137 Å². The first-order valence-electron chi connectivity index (χ1n) is 20.8. The molecular weight excluding hydrogens is 629 g/mol. The summed E-state index contributed by atoms with van der Waals surface area (Å²) >= 11 is 0. The van der Waals surface area contributed by atoms with Gasteiger partial charge in [-0.3, -0.25) is 4.79 Å². The van der Waals surface area contributed by atoms with Crippen molar-refractivity contribution >= 4 is 16.9 Å². The fourth-order valence-electron chi connectivity index (χ4n) is 14.9. The number of para-hydroxylation sites is 2.